The Morgan fingerprint density at radius 3 is 3.00 bits per heavy atom. The summed E-state index contributed by atoms with van der Waals surface area (Å²) in [5.41, 5.74) is 0. The van der Waals surface area contributed by atoms with E-state index in [4.69, 9.17) is 0 Å². The lowest BCUT2D eigenvalue weighted by molar-refractivity contribution is -0.123. The first kappa shape index (κ1) is 11.9. The lowest BCUT2D eigenvalue weighted by Crippen LogP contribution is -2.46. The maximum Gasteiger partial charge on any atom is 0.237 e. The third kappa shape index (κ3) is 2.74. The fourth-order valence-electron chi connectivity index (χ4n) is 2.79. The summed E-state index contributed by atoms with van der Waals surface area (Å²) in [6.45, 7) is 6.30. The number of carbonyl (C=O) groups excluding carboxylic acids is 1. The molecule has 0 bridgehead atoms. The number of amides is 1. The number of nitrogens with zero attached hydrogens (tertiary/aromatic N) is 1. The van der Waals surface area contributed by atoms with E-state index < -0.39 is 0 Å². The van der Waals surface area contributed by atoms with Gasteiger partial charge in [0.05, 0.1) is 6.04 Å². The van der Waals surface area contributed by atoms with Gasteiger partial charge < -0.3 is 10.6 Å². The van der Waals surface area contributed by atoms with Crippen LogP contribution in [0.1, 0.15) is 32.6 Å². The minimum atomic E-state index is 0.0662. The molecule has 92 valence electrons. The number of carbonyl (C=O) groups is 1. The van der Waals surface area contributed by atoms with Crippen molar-refractivity contribution in [3.8, 4) is 0 Å². The second-order valence-corrected chi connectivity index (χ2v) is 4.82. The van der Waals surface area contributed by atoms with Crippen molar-refractivity contribution in [2.45, 2.75) is 44.7 Å². The maximum absolute atomic E-state index is 11.8. The van der Waals surface area contributed by atoms with E-state index in [1.165, 1.54) is 19.4 Å². The first-order valence-corrected chi connectivity index (χ1v) is 6.56. The highest BCUT2D eigenvalue weighted by Gasteiger charge is 2.26. The largest absolute Gasteiger partial charge is 0.353 e. The highest BCUT2D eigenvalue weighted by molar-refractivity contribution is 5.82. The fraction of sp³-hybridized carbons (Fsp3) is 0.917. The molecule has 0 aliphatic carbocycles. The van der Waals surface area contributed by atoms with Gasteiger partial charge in [-0.05, 0) is 45.3 Å². The zero-order valence-electron chi connectivity index (χ0n) is 10.2. The van der Waals surface area contributed by atoms with Crippen LogP contribution in [0.5, 0.6) is 0 Å². The Balaban J connectivity index is 1.71. The van der Waals surface area contributed by atoms with Gasteiger partial charge in [0.15, 0.2) is 0 Å². The zero-order chi connectivity index (χ0) is 11.4. The lowest BCUT2D eigenvalue weighted by atomic mass is 10.2. The average Bonchev–Trinajstić information content (AvgIpc) is 2.96. The summed E-state index contributed by atoms with van der Waals surface area (Å²) in [5, 5.41) is 6.32. The van der Waals surface area contributed by atoms with Gasteiger partial charge in [-0.3, -0.25) is 9.69 Å². The molecule has 2 unspecified atom stereocenters. The molecule has 0 radical (unpaired) electrons. The van der Waals surface area contributed by atoms with Gasteiger partial charge in [0.1, 0.15) is 0 Å². The zero-order valence-corrected chi connectivity index (χ0v) is 10.2. The molecule has 4 nitrogen and oxygen atoms in total. The summed E-state index contributed by atoms with van der Waals surface area (Å²) in [7, 11) is 0. The van der Waals surface area contributed by atoms with Crippen LogP contribution in [0.2, 0.25) is 0 Å². The van der Waals surface area contributed by atoms with E-state index in [9.17, 15) is 4.79 Å². The molecule has 2 aliphatic rings. The summed E-state index contributed by atoms with van der Waals surface area (Å²) < 4.78 is 0. The van der Waals surface area contributed by atoms with Crippen LogP contribution in [-0.2, 0) is 4.79 Å². The lowest BCUT2D eigenvalue weighted by Gasteiger charge is -2.23. The molecule has 2 rings (SSSR count). The number of hydrogen-bond acceptors (Lipinski definition) is 3. The molecule has 0 aromatic rings. The molecular weight excluding hydrogens is 202 g/mol. The maximum atomic E-state index is 11.8. The van der Waals surface area contributed by atoms with Gasteiger partial charge in [-0.1, -0.05) is 6.92 Å². The second-order valence-electron chi connectivity index (χ2n) is 4.82. The van der Waals surface area contributed by atoms with E-state index >= 15 is 0 Å². The minimum absolute atomic E-state index is 0.0662. The number of likely N-dealkylation sites (N-methyl/N-ethyl adjacent to an activating group) is 1. The fourth-order valence-corrected chi connectivity index (χ4v) is 2.79. The Morgan fingerprint density at radius 2 is 2.31 bits per heavy atom. The summed E-state index contributed by atoms with van der Waals surface area (Å²) >= 11 is 0. The molecule has 2 aliphatic heterocycles. The van der Waals surface area contributed by atoms with Crippen molar-refractivity contribution in [2.24, 2.45) is 0 Å². The summed E-state index contributed by atoms with van der Waals surface area (Å²) in [5.74, 6) is 0.195. The van der Waals surface area contributed by atoms with Gasteiger partial charge in [0, 0.05) is 12.6 Å². The van der Waals surface area contributed by atoms with Gasteiger partial charge in [0.25, 0.3) is 0 Å². The summed E-state index contributed by atoms with van der Waals surface area (Å²) in [6.07, 6.45) is 4.62. The third-order valence-electron chi connectivity index (χ3n) is 3.79. The predicted molar refractivity (Wildman–Crippen MR) is 64.3 cm³/mol. The number of rotatable bonds is 4. The van der Waals surface area contributed by atoms with E-state index in [0.717, 1.165) is 32.5 Å². The molecule has 0 spiro atoms. The van der Waals surface area contributed by atoms with Gasteiger partial charge in [-0.15, -0.1) is 0 Å². The standard InChI is InChI=1S/C12H23N3O/c1-2-15-8-4-5-10(15)9-14-12(16)11-6-3-7-13-11/h10-11,13H,2-9H2,1H3,(H,14,16). The van der Waals surface area contributed by atoms with Gasteiger partial charge in [0.2, 0.25) is 5.91 Å². The molecule has 0 saturated carbocycles. The number of likely N-dealkylation sites (tertiary alicyclic amines) is 1. The molecular formula is C12H23N3O. The molecule has 2 N–H and O–H groups in total. The smallest absolute Gasteiger partial charge is 0.237 e. The molecule has 2 fully saturated rings. The van der Waals surface area contributed by atoms with Crippen molar-refractivity contribution < 1.29 is 4.79 Å². The van der Waals surface area contributed by atoms with Gasteiger partial charge in [-0.2, -0.15) is 0 Å². The van der Waals surface area contributed by atoms with Crippen LogP contribution >= 0.6 is 0 Å². The molecule has 2 heterocycles. The average molecular weight is 225 g/mol. The van der Waals surface area contributed by atoms with Crippen molar-refractivity contribution >= 4 is 5.91 Å². The minimum Gasteiger partial charge on any atom is -0.353 e. The Bertz CT molecular complexity index is 238. The van der Waals surface area contributed by atoms with E-state index in [0.29, 0.717) is 6.04 Å². The van der Waals surface area contributed by atoms with Crippen molar-refractivity contribution in [1.29, 1.82) is 0 Å². The highest BCUT2D eigenvalue weighted by Crippen LogP contribution is 2.15. The molecule has 16 heavy (non-hydrogen) atoms. The monoisotopic (exact) mass is 225 g/mol. The molecule has 2 saturated heterocycles. The summed E-state index contributed by atoms with van der Waals surface area (Å²) in [6, 6.07) is 0.631. The molecule has 0 aromatic heterocycles. The Hall–Kier alpha value is -0.610. The van der Waals surface area contributed by atoms with Crippen molar-refractivity contribution in [3.63, 3.8) is 0 Å². The summed E-state index contributed by atoms with van der Waals surface area (Å²) in [4.78, 5) is 14.3. The molecule has 2 atom stereocenters. The molecule has 4 heteroatoms. The van der Waals surface area contributed by atoms with Crippen molar-refractivity contribution in [3.05, 3.63) is 0 Å². The first-order chi connectivity index (χ1) is 7.81. The second kappa shape index (κ2) is 5.64. The van der Waals surface area contributed by atoms with Crippen LogP contribution in [-0.4, -0.2) is 49.1 Å². The van der Waals surface area contributed by atoms with Crippen molar-refractivity contribution in [2.75, 3.05) is 26.2 Å². The molecule has 1 amide bonds. The molecule has 0 aromatic carbocycles. The van der Waals surface area contributed by atoms with Crippen LogP contribution in [0.3, 0.4) is 0 Å². The Labute approximate surface area is 97.8 Å². The van der Waals surface area contributed by atoms with E-state index in [-0.39, 0.29) is 11.9 Å². The van der Waals surface area contributed by atoms with Gasteiger partial charge >= 0.3 is 0 Å². The predicted octanol–water partition coefficient (Wildman–Crippen LogP) is 0.339. The number of nitrogens with one attached hydrogen (secondary N) is 2. The highest BCUT2D eigenvalue weighted by atomic mass is 16.2. The van der Waals surface area contributed by atoms with E-state index in [2.05, 4.69) is 22.5 Å². The van der Waals surface area contributed by atoms with Crippen LogP contribution in [0.15, 0.2) is 0 Å². The van der Waals surface area contributed by atoms with E-state index in [1.54, 1.807) is 0 Å². The first-order valence-electron chi connectivity index (χ1n) is 6.56. The quantitative estimate of drug-likeness (QED) is 0.725. The Kier molecular flexibility index (Phi) is 4.18. The topological polar surface area (TPSA) is 44.4 Å². The van der Waals surface area contributed by atoms with Crippen molar-refractivity contribution in [1.82, 2.24) is 15.5 Å². The van der Waals surface area contributed by atoms with Gasteiger partial charge in [-0.25, -0.2) is 0 Å². The van der Waals surface area contributed by atoms with E-state index in [1.807, 2.05) is 0 Å². The normalized spacial score (nSPS) is 30.8. The van der Waals surface area contributed by atoms with Crippen LogP contribution in [0, 0.1) is 0 Å². The van der Waals surface area contributed by atoms with Crippen LogP contribution in [0.4, 0.5) is 0 Å². The number of hydrogen-bond donors (Lipinski definition) is 2. The SMILES string of the molecule is CCN1CCCC1CNC(=O)C1CCCN1. The Morgan fingerprint density at radius 1 is 1.44 bits per heavy atom. The third-order valence-corrected chi connectivity index (χ3v) is 3.79. The van der Waals surface area contributed by atoms with Crippen LogP contribution < -0.4 is 10.6 Å². The van der Waals surface area contributed by atoms with Crippen LogP contribution in [0.25, 0.3) is 0 Å².